The van der Waals surface area contributed by atoms with Gasteiger partial charge in [0.25, 0.3) is 5.91 Å². The van der Waals surface area contributed by atoms with Gasteiger partial charge in [-0.15, -0.1) is 10.2 Å². The minimum absolute atomic E-state index is 0.0668. The normalized spacial score (nSPS) is 11.7. The van der Waals surface area contributed by atoms with E-state index >= 15 is 0 Å². The number of ether oxygens (including phenoxy) is 1. The van der Waals surface area contributed by atoms with Crippen LogP contribution in [0.5, 0.6) is 5.75 Å². The third-order valence-corrected chi connectivity index (χ3v) is 6.04. The zero-order valence-electron chi connectivity index (χ0n) is 18.6. The van der Waals surface area contributed by atoms with Crippen molar-refractivity contribution in [3.63, 3.8) is 0 Å². The summed E-state index contributed by atoms with van der Waals surface area (Å²) >= 11 is 1.62. The molecule has 168 valence electrons. The second-order valence-corrected chi connectivity index (χ2v) is 8.62. The highest BCUT2D eigenvalue weighted by atomic mass is 32.2. The molecule has 0 aliphatic rings. The third-order valence-electron chi connectivity index (χ3n) is 5.04. The van der Waals surface area contributed by atoms with Crippen molar-refractivity contribution in [2.75, 3.05) is 6.61 Å². The summed E-state index contributed by atoms with van der Waals surface area (Å²) in [5.41, 5.74) is 3.34. The van der Waals surface area contributed by atoms with Gasteiger partial charge in [0.2, 0.25) is 0 Å². The summed E-state index contributed by atoms with van der Waals surface area (Å²) in [6.07, 6.45) is 0. The largest absolute Gasteiger partial charge is 0.484 e. The first-order valence-corrected chi connectivity index (χ1v) is 11.7. The standard InChI is InChI=1S/C26H26N4O2S/c1-19-13-15-22(16-14-19)30-25(28-29-26(30)33-18-21-9-5-3-6-10-21)20(2)27-24(31)17-32-23-11-7-4-8-12-23/h3-16,20H,17-18H2,1-2H3,(H,27,31). The summed E-state index contributed by atoms with van der Waals surface area (Å²) in [5.74, 6) is 1.88. The number of carbonyl (C=O) groups is 1. The Hall–Kier alpha value is -3.58. The van der Waals surface area contributed by atoms with Gasteiger partial charge in [-0.05, 0) is 43.7 Å². The SMILES string of the molecule is Cc1ccc(-n2c(SCc3ccccc3)nnc2C(C)NC(=O)COc2ccccc2)cc1. The number of rotatable bonds is 9. The zero-order valence-corrected chi connectivity index (χ0v) is 19.5. The van der Waals surface area contributed by atoms with E-state index in [1.165, 1.54) is 11.1 Å². The molecule has 0 aliphatic heterocycles. The zero-order chi connectivity index (χ0) is 23.0. The Kier molecular flexibility index (Phi) is 7.42. The van der Waals surface area contributed by atoms with Crippen molar-refractivity contribution >= 4 is 17.7 Å². The quantitative estimate of drug-likeness (QED) is 0.353. The van der Waals surface area contributed by atoms with E-state index in [1.807, 2.05) is 72.2 Å². The van der Waals surface area contributed by atoms with Gasteiger partial charge >= 0.3 is 0 Å². The summed E-state index contributed by atoms with van der Waals surface area (Å²) < 4.78 is 7.58. The Morgan fingerprint density at radius 1 is 0.970 bits per heavy atom. The first kappa shape index (κ1) is 22.6. The Bertz CT molecular complexity index is 1180. The van der Waals surface area contributed by atoms with Crippen LogP contribution in [0.25, 0.3) is 5.69 Å². The highest BCUT2D eigenvalue weighted by Crippen LogP contribution is 2.27. The van der Waals surface area contributed by atoms with Gasteiger partial charge in [0.1, 0.15) is 5.75 Å². The average Bonchev–Trinajstić information content (AvgIpc) is 3.27. The van der Waals surface area contributed by atoms with E-state index in [2.05, 4.69) is 46.7 Å². The number of nitrogens with one attached hydrogen (secondary N) is 1. The molecule has 0 spiro atoms. The van der Waals surface area contributed by atoms with Gasteiger partial charge in [-0.1, -0.05) is 78.0 Å². The monoisotopic (exact) mass is 458 g/mol. The third kappa shape index (κ3) is 6.02. The van der Waals surface area contributed by atoms with Crippen molar-refractivity contribution in [1.29, 1.82) is 0 Å². The molecule has 1 unspecified atom stereocenters. The van der Waals surface area contributed by atoms with Crippen LogP contribution in [-0.2, 0) is 10.5 Å². The van der Waals surface area contributed by atoms with E-state index in [4.69, 9.17) is 4.74 Å². The lowest BCUT2D eigenvalue weighted by Gasteiger charge is -2.17. The number of amides is 1. The van der Waals surface area contributed by atoms with Crippen LogP contribution in [0.3, 0.4) is 0 Å². The van der Waals surface area contributed by atoms with E-state index in [9.17, 15) is 4.79 Å². The van der Waals surface area contributed by atoms with Crippen LogP contribution in [-0.4, -0.2) is 27.3 Å². The molecule has 6 nitrogen and oxygen atoms in total. The number of benzene rings is 3. The van der Waals surface area contributed by atoms with Crippen LogP contribution < -0.4 is 10.1 Å². The van der Waals surface area contributed by atoms with Crippen molar-refractivity contribution in [2.24, 2.45) is 0 Å². The average molecular weight is 459 g/mol. The van der Waals surface area contributed by atoms with E-state index in [1.54, 1.807) is 11.8 Å². The molecule has 1 heterocycles. The number of aryl methyl sites for hydroxylation is 1. The molecule has 0 bridgehead atoms. The summed E-state index contributed by atoms with van der Waals surface area (Å²) in [5, 5.41) is 12.6. The fourth-order valence-electron chi connectivity index (χ4n) is 3.33. The number of hydrogen-bond donors (Lipinski definition) is 1. The minimum Gasteiger partial charge on any atom is -0.484 e. The smallest absolute Gasteiger partial charge is 0.258 e. The van der Waals surface area contributed by atoms with Crippen molar-refractivity contribution in [2.45, 2.75) is 30.8 Å². The Labute approximate surface area is 198 Å². The summed E-state index contributed by atoms with van der Waals surface area (Å²) in [6, 6.07) is 27.4. The van der Waals surface area contributed by atoms with Crippen LogP contribution in [0.1, 0.15) is 29.9 Å². The lowest BCUT2D eigenvalue weighted by Crippen LogP contribution is -2.32. The molecule has 33 heavy (non-hydrogen) atoms. The minimum atomic E-state index is -0.350. The van der Waals surface area contributed by atoms with E-state index in [-0.39, 0.29) is 18.6 Å². The number of nitrogens with zero attached hydrogens (tertiary/aromatic N) is 3. The summed E-state index contributed by atoms with van der Waals surface area (Å²) in [6.45, 7) is 3.89. The number of hydrogen-bond acceptors (Lipinski definition) is 5. The van der Waals surface area contributed by atoms with Crippen molar-refractivity contribution in [3.05, 3.63) is 102 Å². The molecule has 0 fully saturated rings. The summed E-state index contributed by atoms with van der Waals surface area (Å²) in [4.78, 5) is 12.5. The van der Waals surface area contributed by atoms with E-state index in [0.29, 0.717) is 11.6 Å². The molecule has 0 saturated carbocycles. The fraction of sp³-hybridized carbons (Fsp3) is 0.192. The molecule has 7 heteroatoms. The first-order valence-electron chi connectivity index (χ1n) is 10.8. The van der Waals surface area contributed by atoms with Gasteiger partial charge in [0.15, 0.2) is 17.6 Å². The number of aromatic nitrogens is 3. The molecular formula is C26H26N4O2S. The molecule has 1 atom stereocenters. The molecule has 0 saturated heterocycles. The molecule has 4 rings (SSSR count). The highest BCUT2D eigenvalue weighted by Gasteiger charge is 2.21. The lowest BCUT2D eigenvalue weighted by atomic mass is 10.2. The van der Waals surface area contributed by atoms with Gasteiger partial charge in [0, 0.05) is 11.4 Å². The lowest BCUT2D eigenvalue weighted by molar-refractivity contribution is -0.123. The molecule has 1 N–H and O–H groups in total. The van der Waals surface area contributed by atoms with Crippen molar-refractivity contribution < 1.29 is 9.53 Å². The molecular weight excluding hydrogens is 432 g/mol. The fourth-order valence-corrected chi connectivity index (χ4v) is 4.24. The van der Waals surface area contributed by atoms with Gasteiger partial charge in [-0.2, -0.15) is 0 Å². The van der Waals surface area contributed by atoms with E-state index < -0.39 is 0 Å². The summed E-state index contributed by atoms with van der Waals surface area (Å²) in [7, 11) is 0. The van der Waals surface area contributed by atoms with Crippen LogP contribution in [0.2, 0.25) is 0 Å². The number of para-hydroxylation sites is 1. The van der Waals surface area contributed by atoms with Crippen molar-refractivity contribution in [3.8, 4) is 11.4 Å². The van der Waals surface area contributed by atoms with Gasteiger partial charge < -0.3 is 10.1 Å². The van der Waals surface area contributed by atoms with Crippen LogP contribution >= 0.6 is 11.8 Å². The van der Waals surface area contributed by atoms with Gasteiger partial charge in [-0.25, -0.2) is 0 Å². The molecule has 3 aromatic carbocycles. The van der Waals surface area contributed by atoms with Gasteiger partial charge in [-0.3, -0.25) is 9.36 Å². The van der Waals surface area contributed by atoms with Gasteiger partial charge in [0.05, 0.1) is 6.04 Å². The highest BCUT2D eigenvalue weighted by molar-refractivity contribution is 7.98. The van der Waals surface area contributed by atoms with Crippen LogP contribution in [0.4, 0.5) is 0 Å². The Morgan fingerprint density at radius 3 is 2.33 bits per heavy atom. The Morgan fingerprint density at radius 2 is 1.64 bits per heavy atom. The maximum absolute atomic E-state index is 12.5. The molecule has 1 aromatic heterocycles. The second-order valence-electron chi connectivity index (χ2n) is 7.68. The Balaban J connectivity index is 1.51. The number of carbonyl (C=O) groups excluding carboxylic acids is 1. The topological polar surface area (TPSA) is 69.0 Å². The predicted molar refractivity (Wildman–Crippen MR) is 131 cm³/mol. The van der Waals surface area contributed by atoms with E-state index in [0.717, 1.165) is 16.6 Å². The number of thioether (sulfide) groups is 1. The second kappa shape index (κ2) is 10.8. The maximum Gasteiger partial charge on any atom is 0.258 e. The molecule has 0 aliphatic carbocycles. The van der Waals surface area contributed by atoms with Crippen LogP contribution in [0, 0.1) is 6.92 Å². The van der Waals surface area contributed by atoms with Crippen LogP contribution in [0.15, 0.2) is 90.1 Å². The van der Waals surface area contributed by atoms with Crippen molar-refractivity contribution in [1.82, 2.24) is 20.1 Å². The molecule has 4 aromatic rings. The molecule has 1 amide bonds. The maximum atomic E-state index is 12.5. The predicted octanol–water partition coefficient (Wildman–Crippen LogP) is 5.12. The molecule has 0 radical (unpaired) electrons. The first-order chi connectivity index (χ1) is 16.1.